The van der Waals surface area contributed by atoms with E-state index in [9.17, 15) is 19.5 Å². The number of aliphatic hydroxyl groups is 1. The zero-order valence-electron chi connectivity index (χ0n) is 47.7. The molecule has 18 heteroatoms. The number of ketones is 1. The number of hydrogen-bond acceptors (Lipinski definition) is 15. The maximum absolute atomic E-state index is 16.7. The van der Waals surface area contributed by atoms with Crippen LogP contribution >= 0.6 is 11.8 Å². The molecule has 0 radical (unpaired) electrons. The molecule has 0 aromatic heterocycles. The number of hydrogen-bond donors (Lipinski definition) is 2. The molecule has 4 aliphatic rings. The van der Waals surface area contributed by atoms with Crippen molar-refractivity contribution in [2.24, 2.45) is 16.7 Å². The Morgan fingerprint density at radius 2 is 1.37 bits per heavy atom. The van der Waals surface area contributed by atoms with E-state index in [0.717, 1.165) is 4.90 Å². The summed E-state index contributed by atoms with van der Waals surface area (Å²) in [5.74, 6) is -5.71. The Bertz CT molecular complexity index is 2720. The lowest BCUT2D eigenvalue weighted by atomic mass is 9.44. The van der Waals surface area contributed by atoms with Crippen LogP contribution in [0.2, 0.25) is 36.3 Å². The summed E-state index contributed by atoms with van der Waals surface area (Å²) >= 11 is 1.42. The van der Waals surface area contributed by atoms with Crippen LogP contribution < -0.4 is 5.32 Å². The van der Waals surface area contributed by atoms with Crippen molar-refractivity contribution in [3.63, 3.8) is 0 Å². The van der Waals surface area contributed by atoms with Gasteiger partial charge in [0.05, 0.1) is 35.6 Å². The highest BCUT2D eigenvalue weighted by Gasteiger charge is 2.79. The minimum atomic E-state index is -2.76. The Hall–Kier alpha value is -4.96. The minimum absolute atomic E-state index is 0.0902. The third-order valence-corrected chi connectivity index (χ3v) is 28.4. The molecule has 3 aromatic rings. The number of benzene rings is 3. The molecule has 0 unspecified atom stereocenters. The van der Waals surface area contributed by atoms with Crippen LogP contribution in [0.25, 0.3) is 0 Å². The van der Waals surface area contributed by atoms with E-state index >= 15 is 14.4 Å². The number of carbonyl (C=O) groups excluding carboxylic acids is 6. The van der Waals surface area contributed by atoms with Crippen molar-refractivity contribution in [3.8, 4) is 0 Å². The second-order valence-electron chi connectivity index (χ2n) is 22.4. The molecule has 3 aromatic carbocycles. The Morgan fingerprint density at radius 1 is 0.782 bits per heavy atom. The van der Waals surface area contributed by atoms with E-state index in [0.29, 0.717) is 53.0 Å². The number of carbonyl (C=O) groups is 6. The van der Waals surface area contributed by atoms with Crippen LogP contribution in [0.4, 0.5) is 0 Å². The summed E-state index contributed by atoms with van der Waals surface area (Å²) in [6.45, 7) is 21.3. The summed E-state index contributed by atoms with van der Waals surface area (Å²) < 4.78 is 47.4. The van der Waals surface area contributed by atoms with E-state index in [2.05, 4.69) is 26.1 Å². The molecular formula is C60H81NO14SSi2. The van der Waals surface area contributed by atoms with Gasteiger partial charge in [0.2, 0.25) is 0 Å². The predicted molar refractivity (Wildman–Crippen MR) is 302 cm³/mol. The van der Waals surface area contributed by atoms with Crippen LogP contribution in [0.5, 0.6) is 0 Å². The van der Waals surface area contributed by atoms with Crippen LogP contribution in [-0.4, -0.2) is 118 Å². The number of esters is 4. The van der Waals surface area contributed by atoms with Crippen molar-refractivity contribution in [1.29, 1.82) is 0 Å². The summed E-state index contributed by atoms with van der Waals surface area (Å²) in [6.07, 6.45) is -6.63. The SMILES string of the molecule is CC[Si](CC)(CC)O[C@H]1C[C@H]2OC[C@@]2(OC(C)=O)[C@H]2[C@H](OC(=O)c3cccc(SC)c3)[C@]3(O)C[C@H](OC(=O)[C@H](O[Si](CC)(CC)CC)[C@@H](NC(=O)c4ccccc4)c4ccccc4)C(C)=C([C@@H](OC(C)=O)C(=O)[C@]12C)C3(C)C. The second-order valence-corrected chi connectivity index (χ2v) is 32.7. The molecule has 3 aliphatic carbocycles. The van der Waals surface area contributed by atoms with Gasteiger partial charge in [-0.1, -0.05) is 110 Å². The molecule has 15 nitrogen and oxygen atoms in total. The lowest BCUT2D eigenvalue weighted by Crippen LogP contribution is -2.82. The van der Waals surface area contributed by atoms with Gasteiger partial charge in [0.1, 0.15) is 23.9 Å². The number of Topliss-reactive ketones (excluding diaryl/α,β-unsaturated/α-hetero) is 1. The molecule has 1 saturated heterocycles. The Kier molecular flexibility index (Phi) is 18.7. The minimum Gasteiger partial charge on any atom is -0.456 e. The molecule has 2 saturated carbocycles. The van der Waals surface area contributed by atoms with Gasteiger partial charge in [-0.2, -0.15) is 0 Å². The van der Waals surface area contributed by atoms with E-state index in [1.165, 1.54) is 25.6 Å². The van der Waals surface area contributed by atoms with Gasteiger partial charge < -0.3 is 43.0 Å². The number of nitrogens with one attached hydrogen (secondary N) is 1. The highest BCUT2D eigenvalue weighted by molar-refractivity contribution is 7.98. The van der Waals surface area contributed by atoms with Crippen LogP contribution in [0.15, 0.2) is 101 Å². The Morgan fingerprint density at radius 3 is 1.91 bits per heavy atom. The zero-order chi connectivity index (χ0) is 57.2. The lowest BCUT2D eigenvalue weighted by Gasteiger charge is -2.68. The van der Waals surface area contributed by atoms with Crippen LogP contribution in [-0.2, 0) is 51.7 Å². The highest BCUT2D eigenvalue weighted by Crippen LogP contribution is 2.65. The fourth-order valence-electron chi connectivity index (χ4n) is 13.2. The average molecular weight is 1130 g/mol. The first-order valence-corrected chi connectivity index (χ1v) is 34.0. The van der Waals surface area contributed by atoms with Gasteiger partial charge in [-0.05, 0) is 103 Å². The zero-order valence-corrected chi connectivity index (χ0v) is 50.5. The van der Waals surface area contributed by atoms with Crippen molar-refractivity contribution < 1.29 is 66.4 Å². The second kappa shape index (κ2) is 24.0. The van der Waals surface area contributed by atoms with Crippen molar-refractivity contribution in [3.05, 3.63) is 113 Å². The third kappa shape index (κ3) is 11.0. The number of ether oxygens (including phenoxy) is 5. The molecule has 1 amide bonds. The number of fused-ring (bicyclic) bond motifs is 5. The highest BCUT2D eigenvalue weighted by atomic mass is 32.2. The smallest absolute Gasteiger partial charge is 0.338 e. The average Bonchev–Trinajstić information content (AvgIpc) is 2.98. The van der Waals surface area contributed by atoms with Crippen LogP contribution in [0, 0.1) is 16.7 Å². The number of amides is 1. The standard InChI is InChI=1S/C60H81NO14SSi2/c1-14-77(15-2,16-3)74-45-34-46-59(36-69-46,73-39(9)63)51-53(72-55(66)42-31-26-32-43(33-42)76-13)60(68)35-44(37(7)47(57(60,10)11)49(70-38(8)62)52(64)58(45,51)12)71-56(67)50(75-78(17-4,18-5)19-6)48(40-27-22-20-23-28-40)61-54(65)41-29-24-21-25-30-41/h20-33,44-46,48-51,53,68H,14-19,34-36H2,1-13H3,(H,61,65)/t44-,45-,46+,48-,49+,50+,51-,53-,58+,59-,60+/m0/s1. The van der Waals surface area contributed by atoms with Gasteiger partial charge in [-0.15, -0.1) is 11.8 Å². The van der Waals surface area contributed by atoms with Gasteiger partial charge in [0.15, 0.2) is 40.2 Å². The largest absolute Gasteiger partial charge is 0.456 e. The van der Waals surface area contributed by atoms with E-state index in [1.54, 1.807) is 100 Å². The molecule has 2 bridgehead atoms. The molecule has 0 spiro atoms. The topological polar surface area (TPSA) is 199 Å². The van der Waals surface area contributed by atoms with Crippen LogP contribution in [0.1, 0.15) is 128 Å². The molecule has 7 rings (SSSR count). The van der Waals surface area contributed by atoms with Gasteiger partial charge in [0.25, 0.3) is 5.91 Å². The van der Waals surface area contributed by atoms with Gasteiger partial charge in [-0.3, -0.25) is 19.2 Å². The van der Waals surface area contributed by atoms with Gasteiger partial charge >= 0.3 is 23.9 Å². The van der Waals surface area contributed by atoms with Crippen molar-refractivity contribution in [2.45, 2.75) is 191 Å². The Labute approximate surface area is 466 Å². The summed E-state index contributed by atoms with van der Waals surface area (Å²) in [6, 6.07) is 27.4. The first-order valence-electron chi connectivity index (χ1n) is 27.7. The molecule has 78 heavy (non-hydrogen) atoms. The number of rotatable bonds is 21. The van der Waals surface area contributed by atoms with Gasteiger partial charge in [-0.25, -0.2) is 9.59 Å². The van der Waals surface area contributed by atoms with E-state index in [-0.39, 0.29) is 24.2 Å². The monoisotopic (exact) mass is 1130 g/mol. The number of thioether (sulfide) groups is 1. The quantitative estimate of drug-likeness (QED) is 0.0335. The third-order valence-electron chi connectivity index (χ3n) is 18.4. The first kappa shape index (κ1) is 60.7. The molecule has 424 valence electrons. The van der Waals surface area contributed by atoms with Gasteiger partial charge in [0, 0.05) is 42.6 Å². The molecule has 1 aliphatic heterocycles. The molecule has 3 fully saturated rings. The molecule has 2 N–H and O–H groups in total. The first-order chi connectivity index (χ1) is 36.9. The fraction of sp³-hybridized carbons (Fsp3) is 0.567. The predicted octanol–water partition coefficient (Wildman–Crippen LogP) is 10.5. The fourth-order valence-corrected chi connectivity index (χ4v) is 19.4. The van der Waals surface area contributed by atoms with Crippen molar-refractivity contribution in [2.75, 3.05) is 12.9 Å². The summed E-state index contributed by atoms with van der Waals surface area (Å²) in [5, 5.41) is 17.7. The Balaban J connectivity index is 1.50. The van der Waals surface area contributed by atoms with Crippen LogP contribution in [0.3, 0.4) is 0 Å². The maximum Gasteiger partial charge on any atom is 0.338 e. The molecule has 1 heterocycles. The molecular weight excluding hydrogens is 1050 g/mol. The lowest BCUT2D eigenvalue weighted by molar-refractivity contribution is -0.344. The van der Waals surface area contributed by atoms with E-state index in [1.807, 2.05) is 39.2 Å². The maximum atomic E-state index is 16.7. The van der Waals surface area contributed by atoms with E-state index < -0.39 is 129 Å². The normalized spacial score (nSPS) is 28.3. The van der Waals surface area contributed by atoms with E-state index in [4.69, 9.17) is 32.5 Å². The summed E-state index contributed by atoms with van der Waals surface area (Å²) in [7, 11) is -5.42. The summed E-state index contributed by atoms with van der Waals surface area (Å²) in [4.78, 5) is 90.0. The van der Waals surface area contributed by atoms with Crippen molar-refractivity contribution >= 4 is 64.0 Å². The molecule has 11 atom stereocenters. The van der Waals surface area contributed by atoms with Crippen molar-refractivity contribution in [1.82, 2.24) is 5.32 Å². The summed E-state index contributed by atoms with van der Waals surface area (Å²) in [5.41, 5.74) is -5.95.